The average Bonchev–Trinajstić information content (AvgIpc) is 3.08. The van der Waals surface area contributed by atoms with Crippen molar-refractivity contribution in [1.29, 1.82) is 0 Å². The highest BCUT2D eigenvalue weighted by Gasteiger charge is 2.27. The molecule has 140 valence electrons. The van der Waals surface area contributed by atoms with E-state index in [9.17, 15) is 4.79 Å². The maximum atomic E-state index is 11.9. The lowest BCUT2D eigenvalue weighted by molar-refractivity contribution is -0.127. The summed E-state index contributed by atoms with van der Waals surface area (Å²) in [5.41, 5.74) is 0.439. The number of guanidine groups is 1. The standard InChI is InChI=1S/C19H32N4OS/c1-14(16-7-6-12-25-16)21-18(20-13-17(24)23(4)5)22-15-8-10-19(2,3)11-9-15/h6-7,12,14-15H,8-11,13H2,1-5H3,(H2,20,21,22). The molecular weight excluding hydrogens is 332 g/mol. The third kappa shape index (κ3) is 6.34. The summed E-state index contributed by atoms with van der Waals surface area (Å²) < 4.78 is 0. The van der Waals surface area contributed by atoms with Gasteiger partial charge in [0.1, 0.15) is 6.54 Å². The molecule has 1 saturated carbocycles. The molecule has 5 nitrogen and oxygen atoms in total. The Bertz CT molecular complexity index is 570. The van der Waals surface area contributed by atoms with E-state index in [1.165, 1.54) is 17.7 Å². The van der Waals surface area contributed by atoms with Crippen LogP contribution in [0.2, 0.25) is 0 Å². The topological polar surface area (TPSA) is 56.7 Å². The van der Waals surface area contributed by atoms with Crippen molar-refractivity contribution in [3.8, 4) is 0 Å². The third-order valence-corrected chi connectivity index (χ3v) is 5.93. The van der Waals surface area contributed by atoms with Crippen LogP contribution in [-0.4, -0.2) is 43.4 Å². The first-order valence-corrected chi connectivity index (χ1v) is 9.96. The number of thiophene rings is 1. The Morgan fingerprint density at radius 3 is 2.64 bits per heavy atom. The van der Waals surface area contributed by atoms with E-state index in [0.717, 1.165) is 18.8 Å². The molecule has 1 aromatic heterocycles. The van der Waals surface area contributed by atoms with Gasteiger partial charge >= 0.3 is 0 Å². The molecule has 6 heteroatoms. The second kappa shape index (κ2) is 8.70. The lowest BCUT2D eigenvalue weighted by Gasteiger charge is -2.35. The van der Waals surface area contributed by atoms with Gasteiger partial charge < -0.3 is 15.5 Å². The minimum absolute atomic E-state index is 0.00894. The van der Waals surface area contributed by atoms with Gasteiger partial charge in [0, 0.05) is 25.0 Å². The number of aliphatic imine (C=N–C) groups is 1. The number of nitrogens with one attached hydrogen (secondary N) is 2. The summed E-state index contributed by atoms with van der Waals surface area (Å²) in [5.74, 6) is 0.746. The monoisotopic (exact) mass is 364 g/mol. The zero-order chi connectivity index (χ0) is 18.4. The Hall–Kier alpha value is -1.56. The van der Waals surface area contributed by atoms with E-state index >= 15 is 0 Å². The average molecular weight is 365 g/mol. The summed E-state index contributed by atoms with van der Waals surface area (Å²) in [6.45, 7) is 6.97. The van der Waals surface area contributed by atoms with Crippen LogP contribution in [0.3, 0.4) is 0 Å². The molecule has 1 heterocycles. The predicted molar refractivity (Wildman–Crippen MR) is 106 cm³/mol. The summed E-state index contributed by atoms with van der Waals surface area (Å²) in [6, 6.07) is 4.76. The molecule has 0 saturated heterocycles. The highest BCUT2D eigenvalue weighted by atomic mass is 32.1. The van der Waals surface area contributed by atoms with Gasteiger partial charge in [-0.1, -0.05) is 19.9 Å². The fourth-order valence-corrected chi connectivity index (χ4v) is 3.71. The van der Waals surface area contributed by atoms with Gasteiger partial charge in [0.2, 0.25) is 5.91 Å². The molecule has 0 bridgehead atoms. The zero-order valence-electron chi connectivity index (χ0n) is 16.1. The van der Waals surface area contributed by atoms with E-state index < -0.39 is 0 Å². The van der Waals surface area contributed by atoms with Crippen LogP contribution in [0, 0.1) is 5.41 Å². The highest BCUT2D eigenvalue weighted by Crippen LogP contribution is 2.35. The minimum atomic E-state index is 0.00894. The van der Waals surface area contributed by atoms with Crippen LogP contribution in [0.25, 0.3) is 0 Å². The molecule has 1 atom stereocenters. The number of amides is 1. The van der Waals surface area contributed by atoms with Gasteiger partial charge in [-0.25, -0.2) is 4.99 Å². The van der Waals surface area contributed by atoms with Crippen LogP contribution in [0.4, 0.5) is 0 Å². The Morgan fingerprint density at radius 2 is 2.08 bits per heavy atom. The van der Waals surface area contributed by atoms with E-state index in [-0.39, 0.29) is 18.5 Å². The quantitative estimate of drug-likeness (QED) is 0.622. The van der Waals surface area contributed by atoms with Crippen LogP contribution >= 0.6 is 11.3 Å². The van der Waals surface area contributed by atoms with Gasteiger partial charge in [-0.05, 0) is 49.5 Å². The first kappa shape index (κ1) is 19.8. The highest BCUT2D eigenvalue weighted by molar-refractivity contribution is 7.10. The number of carbonyl (C=O) groups excluding carboxylic acids is 1. The SMILES string of the molecule is CC(NC(=NCC(=O)N(C)C)NC1CCC(C)(C)CC1)c1cccs1. The predicted octanol–water partition coefficient (Wildman–Crippen LogP) is 3.40. The molecule has 25 heavy (non-hydrogen) atoms. The molecule has 1 aliphatic rings. The molecule has 0 radical (unpaired) electrons. The largest absolute Gasteiger partial charge is 0.354 e. The maximum absolute atomic E-state index is 11.9. The number of rotatable bonds is 5. The molecular formula is C19H32N4OS. The van der Waals surface area contributed by atoms with Gasteiger partial charge in [-0.3, -0.25) is 4.79 Å². The molecule has 2 N–H and O–H groups in total. The second-order valence-electron chi connectivity index (χ2n) is 7.92. The van der Waals surface area contributed by atoms with Crippen LogP contribution in [0.1, 0.15) is 57.4 Å². The van der Waals surface area contributed by atoms with Crippen molar-refractivity contribution in [3.05, 3.63) is 22.4 Å². The summed E-state index contributed by atoms with van der Waals surface area (Å²) in [7, 11) is 3.52. The van der Waals surface area contributed by atoms with Gasteiger partial charge in [-0.15, -0.1) is 11.3 Å². The molecule has 0 aromatic carbocycles. The van der Waals surface area contributed by atoms with Crippen molar-refractivity contribution in [1.82, 2.24) is 15.5 Å². The van der Waals surface area contributed by atoms with Gasteiger partial charge in [0.05, 0.1) is 6.04 Å². The Kier molecular flexibility index (Phi) is 6.87. The molecule has 1 unspecified atom stereocenters. The number of nitrogens with zero attached hydrogens (tertiary/aromatic N) is 2. The van der Waals surface area contributed by atoms with Crippen LogP contribution in [0.15, 0.2) is 22.5 Å². The molecule has 1 aliphatic carbocycles. The lowest BCUT2D eigenvalue weighted by atomic mass is 9.75. The Balaban J connectivity index is 2.01. The Morgan fingerprint density at radius 1 is 1.40 bits per heavy atom. The number of likely N-dealkylation sites (N-methyl/N-ethyl adjacent to an activating group) is 1. The van der Waals surface area contributed by atoms with E-state index in [2.05, 4.69) is 53.9 Å². The number of hydrogen-bond acceptors (Lipinski definition) is 3. The number of hydrogen-bond donors (Lipinski definition) is 2. The third-order valence-electron chi connectivity index (χ3n) is 4.87. The Labute approximate surface area is 155 Å². The molecule has 1 fully saturated rings. The van der Waals surface area contributed by atoms with E-state index in [4.69, 9.17) is 0 Å². The van der Waals surface area contributed by atoms with Crippen LogP contribution in [-0.2, 0) is 4.79 Å². The lowest BCUT2D eigenvalue weighted by Crippen LogP contribution is -2.46. The van der Waals surface area contributed by atoms with E-state index in [1.54, 1.807) is 30.3 Å². The van der Waals surface area contributed by atoms with Gasteiger partial charge in [0.25, 0.3) is 0 Å². The smallest absolute Gasteiger partial charge is 0.243 e. The van der Waals surface area contributed by atoms with Crippen molar-refractivity contribution in [3.63, 3.8) is 0 Å². The zero-order valence-corrected chi connectivity index (χ0v) is 16.9. The normalized spacial score (nSPS) is 19.3. The van der Waals surface area contributed by atoms with Gasteiger partial charge in [-0.2, -0.15) is 0 Å². The van der Waals surface area contributed by atoms with Crippen molar-refractivity contribution in [2.24, 2.45) is 10.4 Å². The number of carbonyl (C=O) groups is 1. The summed E-state index contributed by atoms with van der Waals surface area (Å²) in [4.78, 5) is 19.3. The van der Waals surface area contributed by atoms with Crippen LogP contribution in [0.5, 0.6) is 0 Å². The second-order valence-corrected chi connectivity index (χ2v) is 8.90. The summed E-state index contributed by atoms with van der Waals surface area (Å²) >= 11 is 1.73. The molecule has 0 spiro atoms. The van der Waals surface area contributed by atoms with Crippen molar-refractivity contribution in [2.45, 2.75) is 58.5 Å². The fraction of sp³-hybridized carbons (Fsp3) is 0.684. The first-order valence-electron chi connectivity index (χ1n) is 9.08. The fourth-order valence-electron chi connectivity index (χ4n) is 2.97. The molecule has 0 aliphatic heterocycles. The van der Waals surface area contributed by atoms with Crippen LogP contribution < -0.4 is 10.6 Å². The summed E-state index contributed by atoms with van der Waals surface area (Å²) in [6.07, 6.45) is 4.72. The maximum Gasteiger partial charge on any atom is 0.243 e. The van der Waals surface area contributed by atoms with Crippen molar-refractivity contribution < 1.29 is 4.79 Å². The van der Waals surface area contributed by atoms with Crippen molar-refractivity contribution in [2.75, 3.05) is 20.6 Å². The van der Waals surface area contributed by atoms with E-state index in [0.29, 0.717) is 11.5 Å². The summed E-state index contributed by atoms with van der Waals surface area (Å²) in [5, 5.41) is 9.09. The molecule has 1 amide bonds. The van der Waals surface area contributed by atoms with Crippen molar-refractivity contribution >= 4 is 23.2 Å². The molecule has 1 aromatic rings. The van der Waals surface area contributed by atoms with E-state index in [1.807, 2.05) is 0 Å². The molecule has 2 rings (SSSR count). The minimum Gasteiger partial charge on any atom is -0.354 e. The van der Waals surface area contributed by atoms with Gasteiger partial charge in [0.15, 0.2) is 5.96 Å². The first-order chi connectivity index (χ1) is 11.8.